The van der Waals surface area contributed by atoms with E-state index >= 15 is 0 Å². The number of halogens is 2. The maximum Gasteiger partial charge on any atom is 0.220 e. The molecule has 2 N–H and O–H groups in total. The molecule has 0 aliphatic carbocycles. The fourth-order valence-corrected chi connectivity index (χ4v) is 3.32. The Kier molecular flexibility index (Phi) is 6.34. The minimum atomic E-state index is -0.105. The Balaban J connectivity index is 1.81. The van der Waals surface area contributed by atoms with Gasteiger partial charge in [0.1, 0.15) is 0 Å². The van der Waals surface area contributed by atoms with Gasteiger partial charge in [-0.15, -0.1) is 0 Å². The standard InChI is InChI=1S/C16H22Cl2N2O/c1-11(14-6-5-13(17)9-15(14)18)20-16(21)7-4-12-3-2-8-19-10-12/h5-6,9,11-12,19H,2-4,7-8,10H2,1H3,(H,20,21). The van der Waals surface area contributed by atoms with Crippen LogP contribution in [-0.4, -0.2) is 19.0 Å². The molecular weight excluding hydrogens is 307 g/mol. The summed E-state index contributed by atoms with van der Waals surface area (Å²) in [7, 11) is 0. The molecule has 0 aromatic heterocycles. The molecule has 116 valence electrons. The van der Waals surface area contributed by atoms with Crippen molar-refractivity contribution in [3.8, 4) is 0 Å². The highest BCUT2D eigenvalue weighted by Crippen LogP contribution is 2.26. The van der Waals surface area contributed by atoms with Crippen LogP contribution in [0, 0.1) is 5.92 Å². The molecule has 1 aromatic rings. The molecule has 2 atom stereocenters. The van der Waals surface area contributed by atoms with Crippen molar-refractivity contribution in [1.29, 1.82) is 0 Å². The van der Waals surface area contributed by atoms with Crippen molar-refractivity contribution in [2.24, 2.45) is 5.92 Å². The number of rotatable bonds is 5. The van der Waals surface area contributed by atoms with Crippen molar-refractivity contribution in [2.75, 3.05) is 13.1 Å². The highest BCUT2D eigenvalue weighted by atomic mass is 35.5. The molecular formula is C16H22Cl2N2O. The zero-order valence-corrected chi connectivity index (χ0v) is 13.8. The van der Waals surface area contributed by atoms with Gasteiger partial charge in [-0.2, -0.15) is 0 Å². The average molecular weight is 329 g/mol. The molecule has 1 aliphatic heterocycles. The van der Waals surface area contributed by atoms with Crippen LogP contribution in [0.4, 0.5) is 0 Å². The molecule has 1 saturated heterocycles. The molecule has 1 heterocycles. The van der Waals surface area contributed by atoms with Crippen LogP contribution in [0.15, 0.2) is 18.2 Å². The van der Waals surface area contributed by atoms with Crippen molar-refractivity contribution in [3.05, 3.63) is 33.8 Å². The number of piperidine rings is 1. The molecule has 1 aliphatic rings. The van der Waals surface area contributed by atoms with E-state index in [-0.39, 0.29) is 11.9 Å². The number of benzene rings is 1. The largest absolute Gasteiger partial charge is 0.350 e. The third kappa shape index (κ3) is 5.17. The Bertz CT molecular complexity index is 487. The number of hydrogen-bond acceptors (Lipinski definition) is 2. The topological polar surface area (TPSA) is 41.1 Å². The molecule has 1 amide bonds. The van der Waals surface area contributed by atoms with Crippen LogP contribution in [-0.2, 0) is 4.79 Å². The van der Waals surface area contributed by atoms with E-state index < -0.39 is 0 Å². The van der Waals surface area contributed by atoms with Gasteiger partial charge < -0.3 is 10.6 Å². The molecule has 0 saturated carbocycles. The Labute approximate surface area is 136 Å². The van der Waals surface area contributed by atoms with E-state index in [0.717, 1.165) is 25.1 Å². The monoisotopic (exact) mass is 328 g/mol. The second kappa shape index (κ2) is 8.02. The molecule has 0 bridgehead atoms. The van der Waals surface area contributed by atoms with Gasteiger partial charge in [-0.1, -0.05) is 29.3 Å². The van der Waals surface area contributed by atoms with Crippen LogP contribution < -0.4 is 10.6 Å². The molecule has 3 nitrogen and oxygen atoms in total. The first-order valence-corrected chi connectivity index (χ1v) is 8.27. The first kappa shape index (κ1) is 16.6. The summed E-state index contributed by atoms with van der Waals surface area (Å²) in [5.41, 5.74) is 0.897. The average Bonchev–Trinajstić information content (AvgIpc) is 2.46. The summed E-state index contributed by atoms with van der Waals surface area (Å²) in [5, 5.41) is 7.58. The fraction of sp³-hybridized carbons (Fsp3) is 0.562. The van der Waals surface area contributed by atoms with Gasteiger partial charge in [0.05, 0.1) is 6.04 Å². The molecule has 0 radical (unpaired) electrons. The summed E-state index contributed by atoms with van der Waals surface area (Å²) >= 11 is 12.0. The van der Waals surface area contributed by atoms with E-state index in [4.69, 9.17) is 23.2 Å². The minimum Gasteiger partial charge on any atom is -0.350 e. The summed E-state index contributed by atoms with van der Waals surface area (Å²) in [6.45, 7) is 4.08. The predicted molar refractivity (Wildman–Crippen MR) is 87.8 cm³/mol. The predicted octanol–water partition coefficient (Wildman–Crippen LogP) is 3.95. The summed E-state index contributed by atoms with van der Waals surface area (Å²) in [5.74, 6) is 0.706. The first-order chi connectivity index (χ1) is 10.1. The van der Waals surface area contributed by atoms with E-state index in [9.17, 15) is 4.79 Å². The Hall–Kier alpha value is -0.770. The van der Waals surface area contributed by atoms with E-state index in [1.54, 1.807) is 12.1 Å². The lowest BCUT2D eigenvalue weighted by Gasteiger charge is -2.23. The number of amides is 1. The number of hydrogen-bond donors (Lipinski definition) is 2. The quantitative estimate of drug-likeness (QED) is 0.859. The van der Waals surface area contributed by atoms with Crippen molar-refractivity contribution in [2.45, 2.75) is 38.6 Å². The zero-order valence-electron chi connectivity index (χ0n) is 12.3. The van der Waals surface area contributed by atoms with Crippen molar-refractivity contribution >= 4 is 29.1 Å². The molecule has 5 heteroatoms. The lowest BCUT2D eigenvalue weighted by Crippen LogP contribution is -2.32. The lowest BCUT2D eigenvalue weighted by atomic mass is 9.94. The number of carbonyl (C=O) groups is 1. The maximum absolute atomic E-state index is 12.0. The highest BCUT2D eigenvalue weighted by Gasteiger charge is 2.16. The second-order valence-corrected chi connectivity index (χ2v) is 6.55. The lowest BCUT2D eigenvalue weighted by molar-refractivity contribution is -0.122. The van der Waals surface area contributed by atoms with E-state index in [0.29, 0.717) is 22.4 Å². The van der Waals surface area contributed by atoms with Gasteiger partial charge in [-0.05, 0) is 62.9 Å². The third-order valence-corrected chi connectivity index (χ3v) is 4.55. The second-order valence-electron chi connectivity index (χ2n) is 5.71. The summed E-state index contributed by atoms with van der Waals surface area (Å²) in [6, 6.07) is 5.25. The van der Waals surface area contributed by atoms with Gasteiger partial charge >= 0.3 is 0 Å². The zero-order chi connectivity index (χ0) is 15.2. The molecule has 1 aromatic carbocycles. The number of nitrogens with one attached hydrogen (secondary N) is 2. The molecule has 2 rings (SSSR count). The normalized spacial score (nSPS) is 20.0. The Morgan fingerprint density at radius 3 is 2.95 bits per heavy atom. The van der Waals surface area contributed by atoms with Gasteiger partial charge in [-0.3, -0.25) is 4.79 Å². The highest BCUT2D eigenvalue weighted by molar-refractivity contribution is 6.35. The number of carbonyl (C=O) groups excluding carboxylic acids is 1. The summed E-state index contributed by atoms with van der Waals surface area (Å²) < 4.78 is 0. The Morgan fingerprint density at radius 2 is 2.29 bits per heavy atom. The molecule has 1 fully saturated rings. The van der Waals surface area contributed by atoms with E-state index in [1.807, 2.05) is 13.0 Å². The first-order valence-electron chi connectivity index (χ1n) is 7.51. The van der Waals surface area contributed by atoms with Crippen LogP contribution in [0.5, 0.6) is 0 Å². The van der Waals surface area contributed by atoms with Crippen LogP contribution in [0.2, 0.25) is 10.0 Å². The summed E-state index contributed by atoms with van der Waals surface area (Å²) in [4.78, 5) is 12.0. The molecule has 2 unspecified atom stereocenters. The molecule has 21 heavy (non-hydrogen) atoms. The van der Waals surface area contributed by atoms with Crippen molar-refractivity contribution < 1.29 is 4.79 Å². The smallest absolute Gasteiger partial charge is 0.220 e. The third-order valence-electron chi connectivity index (χ3n) is 3.99. The minimum absolute atomic E-state index is 0.0825. The van der Waals surface area contributed by atoms with Crippen LogP contribution in [0.1, 0.15) is 44.2 Å². The molecule has 0 spiro atoms. The van der Waals surface area contributed by atoms with Gasteiger partial charge in [0.2, 0.25) is 5.91 Å². The van der Waals surface area contributed by atoms with Gasteiger partial charge in [0, 0.05) is 16.5 Å². The van der Waals surface area contributed by atoms with Crippen LogP contribution in [0.25, 0.3) is 0 Å². The van der Waals surface area contributed by atoms with Crippen LogP contribution in [0.3, 0.4) is 0 Å². The van der Waals surface area contributed by atoms with Gasteiger partial charge in [-0.25, -0.2) is 0 Å². The van der Waals surface area contributed by atoms with Gasteiger partial charge in [0.15, 0.2) is 0 Å². The van der Waals surface area contributed by atoms with Crippen LogP contribution >= 0.6 is 23.2 Å². The maximum atomic E-state index is 12.0. The Morgan fingerprint density at radius 1 is 1.48 bits per heavy atom. The van der Waals surface area contributed by atoms with E-state index in [2.05, 4.69) is 10.6 Å². The van der Waals surface area contributed by atoms with Gasteiger partial charge in [0.25, 0.3) is 0 Å². The SMILES string of the molecule is CC(NC(=O)CCC1CCCNC1)c1ccc(Cl)cc1Cl. The van der Waals surface area contributed by atoms with E-state index in [1.165, 1.54) is 12.8 Å². The van der Waals surface area contributed by atoms with Crippen molar-refractivity contribution in [1.82, 2.24) is 10.6 Å². The van der Waals surface area contributed by atoms with Crippen molar-refractivity contribution in [3.63, 3.8) is 0 Å². The fourth-order valence-electron chi connectivity index (χ4n) is 2.75. The summed E-state index contributed by atoms with van der Waals surface area (Å²) in [6.07, 6.45) is 3.95.